The number of fused-ring (bicyclic) bond motifs is 1. The molecule has 4 rings (SSSR count). The molecule has 1 unspecified atom stereocenters. The van der Waals surface area contributed by atoms with Crippen molar-refractivity contribution >= 4 is 34.7 Å². The van der Waals surface area contributed by atoms with E-state index in [2.05, 4.69) is 31.0 Å². The Morgan fingerprint density at radius 3 is 2.57 bits per heavy atom. The largest absolute Gasteiger partial charge is 0.466 e. The van der Waals surface area contributed by atoms with Crippen LogP contribution in [0.15, 0.2) is 62.8 Å². The van der Waals surface area contributed by atoms with Gasteiger partial charge in [0.05, 0.1) is 22.9 Å². The summed E-state index contributed by atoms with van der Waals surface area (Å²) < 4.78 is 7.21. The minimum Gasteiger partial charge on any atom is -0.466 e. The molecule has 0 bridgehead atoms. The molecule has 1 aromatic carbocycles. The van der Waals surface area contributed by atoms with Gasteiger partial charge >= 0.3 is 5.97 Å². The molecule has 3 aromatic rings. The maximum Gasteiger partial charge on any atom is 0.338 e. The van der Waals surface area contributed by atoms with E-state index < -0.39 is 12.0 Å². The van der Waals surface area contributed by atoms with Crippen LogP contribution in [0, 0.1) is 0 Å². The molecule has 0 spiro atoms. The lowest BCUT2D eigenvalue weighted by Crippen LogP contribution is -2.39. The van der Waals surface area contributed by atoms with E-state index in [0.717, 1.165) is 10.4 Å². The summed E-state index contributed by atoms with van der Waals surface area (Å²) in [5.74, 6) is -0.0110. The van der Waals surface area contributed by atoms with Gasteiger partial charge < -0.3 is 4.74 Å². The molecule has 7 heteroatoms. The van der Waals surface area contributed by atoms with Crippen molar-refractivity contribution in [3.8, 4) is 0 Å². The van der Waals surface area contributed by atoms with Gasteiger partial charge in [0.15, 0.2) is 4.80 Å². The van der Waals surface area contributed by atoms with Crippen molar-refractivity contribution in [2.24, 2.45) is 4.99 Å². The Balaban J connectivity index is 1.89. The highest BCUT2D eigenvalue weighted by Crippen LogP contribution is 2.32. The average Bonchev–Trinajstić information content (AvgIpc) is 3.36. The fourth-order valence-corrected chi connectivity index (χ4v) is 5.41. The summed E-state index contributed by atoms with van der Waals surface area (Å²) >= 11 is 2.84. The minimum absolute atomic E-state index is 0.154. The summed E-state index contributed by atoms with van der Waals surface area (Å²) in [7, 11) is 1.35. The number of benzene rings is 1. The number of nitrogens with zero attached hydrogens (tertiary/aromatic N) is 2. The zero-order valence-electron chi connectivity index (χ0n) is 17.2. The lowest BCUT2D eigenvalue weighted by molar-refractivity contribution is -0.136. The smallest absolute Gasteiger partial charge is 0.338 e. The van der Waals surface area contributed by atoms with Gasteiger partial charge in [-0.15, -0.1) is 11.3 Å². The van der Waals surface area contributed by atoms with Gasteiger partial charge in [-0.1, -0.05) is 55.5 Å². The molecule has 0 saturated carbocycles. The molecule has 3 heterocycles. The molecule has 5 nitrogen and oxygen atoms in total. The monoisotopic (exact) mass is 438 g/mol. The molecule has 1 aliphatic heterocycles. The standard InChI is InChI=1S/C23H22N2O3S2/c1-13(2)16-9-7-15(8-10-16)12-18-21(26)25-20(17-6-5-11-29-17)19(22(27)28-4)14(3)24-23(25)30-18/h5-13,20H,1-4H3. The van der Waals surface area contributed by atoms with E-state index in [4.69, 9.17) is 4.74 Å². The Morgan fingerprint density at radius 1 is 1.23 bits per heavy atom. The molecular formula is C23H22N2O3S2. The van der Waals surface area contributed by atoms with Crippen LogP contribution in [0.1, 0.15) is 48.7 Å². The number of ether oxygens (including phenoxy) is 1. The summed E-state index contributed by atoms with van der Waals surface area (Å²) in [5, 5.41) is 1.94. The summed E-state index contributed by atoms with van der Waals surface area (Å²) in [6.07, 6.45) is 1.89. The number of carbonyl (C=O) groups is 1. The first-order chi connectivity index (χ1) is 14.4. The van der Waals surface area contributed by atoms with Crippen LogP contribution in [0.4, 0.5) is 0 Å². The van der Waals surface area contributed by atoms with Crippen molar-refractivity contribution < 1.29 is 9.53 Å². The number of rotatable bonds is 4. The summed E-state index contributed by atoms with van der Waals surface area (Å²) in [5.41, 5.74) is 3.04. The summed E-state index contributed by atoms with van der Waals surface area (Å²) in [4.78, 5) is 32.0. The van der Waals surface area contributed by atoms with Gasteiger partial charge in [0.2, 0.25) is 0 Å². The number of hydrogen-bond donors (Lipinski definition) is 0. The second-order valence-electron chi connectivity index (χ2n) is 7.41. The Bertz CT molecular complexity index is 1290. The van der Waals surface area contributed by atoms with Crippen LogP contribution < -0.4 is 14.9 Å². The third kappa shape index (κ3) is 3.59. The molecule has 0 saturated heterocycles. The van der Waals surface area contributed by atoms with E-state index in [1.54, 1.807) is 11.5 Å². The molecule has 0 aliphatic carbocycles. The number of thiazole rings is 1. The molecular weight excluding hydrogens is 416 g/mol. The summed E-state index contributed by atoms with van der Waals surface area (Å²) in [6, 6.07) is 11.5. The van der Waals surface area contributed by atoms with Crippen LogP contribution in [0.25, 0.3) is 6.08 Å². The van der Waals surface area contributed by atoms with Gasteiger partial charge in [0, 0.05) is 4.88 Å². The molecule has 30 heavy (non-hydrogen) atoms. The first-order valence-electron chi connectivity index (χ1n) is 9.65. The Morgan fingerprint density at radius 2 is 1.97 bits per heavy atom. The maximum absolute atomic E-state index is 13.4. The number of hydrogen-bond acceptors (Lipinski definition) is 6. The second-order valence-corrected chi connectivity index (χ2v) is 9.40. The van der Waals surface area contributed by atoms with E-state index in [1.165, 1.54) is 35.3 Å². The fraction of sp³-hybridized carbons (Fsp3) is 0.261. The average molecular weight is 439 g/mol. The van der Waals surface area contributed by atoms with E-state index >= 15 is 0 Å². The van der Waals surface area contributed by atoms with Gasteiger partial charge in [-0.3, -0.25) is 9.36 Å². The predicted molar refractivity (Wildman–Crippen MR) is 121 cm³/mol. The molecule has 2 aromatic heterocycles. The van der Waals surface area contributed by atoms with E-state index in [0.29, 0.717) is 26.5 Å². The number of allylic oxidation sites excluding steroid dienone is 1. The van der Waals surface area contributed by atoms with Crippen molar-refractivity contribution in [3.05, 3.63) is 88.7 Å². The van der Waals surface area contributed by atoms with E-state index in [-0.39, 0.29) is 5.56 Å². The van der Waals surface area contributed by atoms with Gasteiger partial charge in [0.1, 0.15) is 6.04 Å². The predicted octanol–water partition coefficient (Wildman–Crippen LogP) is 3.59. The highest BCUT2D eigenvalue weighted by Gasteiger charge is 2.33. The lowest BCUT2D eigenvalue weighted by Gasteiger charge is -2.22. The van der Waals surface area contributed by atoms with Crippen LogP contribution in [-0.4, -0.2) is 17.6 Å². The molecule has 1 aliphatic rings. The van der Waals surface area contributed by atoms with Crippen molar-refractivity contribution in [1.82, 2.24) is 4.57 Å². The van der Waals surface area contributed by atoms with E-state index in [9.17, 15) is 9.59 Å². The number of esters is 1. The number of thiophene rings is 1. The third-order valence-electron chi connectivity index (χ3n) is 5.14. The molecule has 0 fully saturated rings. The van der Waals surface area contributed by atoms with Crippen molar-refractivity contribution in [3.63, 3.8) is 0 Å². The van der Waals surface area contributed by atoms with E-state index in [1.807, 2.05) is 35.7 Å². The zero-order chi connectivity index (χ0) is 21.4. The first-order valence-corrected chi connectivity index (χ1v) is 11.3. The van der Waals surface area contributed by atoms with Crippen LogP contribution in [0.5, 0.6) is 0 Å². The SMILES string of the molecule is COC(=O)C1=C(C)N=c2sc(=Cc3ccc(C(C)C)cc3)c(=O)n2C1c1cccs1. The van der Waals surface area contributed by atoms with Gasteiger partial charge in [-0.2, -0.15) is 0 Å². The Kier molecular flexibility index (Phi) is 5.58. The van der Waals surface area contributed by atoms with Crippen molar-refractivity contribution in [2.45, 2.75) is 32.7 Å². The topological polar surface area (TPSA) is 60.7 Å². The number of methoxy groups -OCH3 is 1. The zero-order valence-corrected chi connectivity index (χ0v) is 18.8. The number of carbonyl (C=O) groups excluding carboxylic acids is 1. The molecule has 0 radical (unpaired) electrons. The molecule has 154 valence electrons. The second kappa shape index (κ2) is 8.16. The fourth-order valence-electron chi connectivity index (χ4n) is 3.54. The Hall–Kier alpha value is -2.77. The first kappa shape index (κ1) is 20.5. The van der Waals surface area contributed by atoms with Gasteiger partial charge in [0.25, 0.3) is 5.56 Å². The third-order valence-corrected chi connectivity index (χ3v) is 7.05. The molecule has 0 amide bonds. The molecule has 1 atom stereocenters. The van der Waals surface area contributed by atoms with Gasteiger partial charge in [-0.05, 0) is 41.5 Å². The van der Waals surface area contributed by atoms with Crippen LogP contribution in [0.3, 0.4) is 0 Å². The van der Waals surface area contributed by atoms with Crippen molar-refractivity contribution in [1.29, 1.82) is 0 Å². The lowest BCUT2D eigenvalue weighted by atomic mass is 10.0. The Labute approximate surface area is 182 Å². The van der Waals surface area contributed by atoms with Crippen LogP contribution in [-0.2, 0) is 9.53 Å². The highest BCUT2D eigenvalue weighted by atomic mass is 32.1. The van der Waals surface area contributed by atoms with Crippen LogP contribution in [0.2, 0.25) is 0 Å². The van der Waals surface area contributed by atoms with Crippen LogP contribution >= 0.6 is 22.7 Å². The quantitative estimate of drug-likeness (QED) is 0.585. The molecule has 0 N–H and O–H groups in total. The number of aromatic nitrogens is 1. The van der Waals surface area contributed by atoms with Crippen molar-refractivity contribution in [2.75, 3.05) is 7.11 Å². The maximum atomic E-state index is 13.4. The van der Waals surface area contributed by atoms with Gasteiger partial charge in [-0.25, -0.2) is 9.79 Å². The summed E-state index contributed by atoms with van der Waals surface area (Å²) in [6.45, 7) is 6.09. The minimum atomic E-state index is -0.529. The highest BCUT2D eigenvalue weighted by molar-refractivity contribution is 7.10. The normalized spacial score (nSPS) is 16.6.